The molecule has 1 atom stereocenters. The molecule has 0 aliphatic carbocycles. The monoisotopic (exact) mass is 285 g/mol. The number of carbonyl (C=O) groups is 3. The number of amides is 1. The Labute approximate surface area is 113 Å². The summed E-state index contributed by atoms with van der Waals surface area (Å²) in [6.07, 6.45) is -0.807. The molecule has 0 radical (unpaired) electrons. The Balaban J connectivity index is 2.89. The average Bonchev–Trinajstić information content (AvgIpc) is 2.36. The molecule has 0 aliphatic heterocycles. The van der Waals surface area contributed by atoms with Crippen LogP contribution in [0.15, 0.2) is 18.2 Å². The van der Waals surface area contributed by atoms with Crippen LogP contribution in [0.4, 0.5) is 4.39 Å². The molecule has 108 valence electrons. The smallest absolute Gasteiger partial charge is 0.326 e. The first-order valence-corrected chi connectivity index (χ1v) is 5.44. The molecular weight excluding hydrogens is 273 g/mol. The number of halogens is 1. The first-order chi connectivity index (χ1) is 9.35. The second kappa shape index (κ2) is 6.50. The zero-order valence-electron chi connectivity index (χ0n) is 10.4. The molecule has 0 spiro atoms. The molecule has 1 amide bonds. The molecule has 8 heteroatoms. The maximum Gasteiger partial charge on any atom is 0.326 e. The lowest BCUT2D eigenvalue weighted by Gasteiger charge is -2.13. The van der Waals surface area contributed by atoms with Gasteiger partial charge in [0.1, 0.15) is 17.6 Å². The quantitative estimate of drug-likeness (QED) is 0.701. The molecule has 0 fully saturated rings. The van der Waals surface area contributed by atoms with Crippen LogP contribution in [0.3, 0.4) is 0 Å². The van der Waals surface area contributed by atoms with Gasteiger partial charge >= 0.3 is 11.9 Å². The molecule has 0 bridgehead atoms. The van der Waals surface area contributed by atoms with E-state index < -0.39 is 41.7 Å². The van der Waals surface area contributed by atoms with Crippen LogP contribution in [0.1, 0.15) is 16.8 Å². The number of aliphatic carboxylic acids is 2. The van der Waals surface area contributed by atoms with Gasteiger partial charge in [0.25, 0.3) is 5.91 Å². The van der Waals surface area contributed by atoms with E-state index >= 15 is 0 Å². The Hall–Kier alpha value is -2.64. The molecule has 3 N–H and O–H groups in total. The van der Waals surface area contributed by atoms with Gasteiger partial charge in [-0.25, -0.2) is 9.18 Å². The van der Waals surface area contributed by atoms with Gasteiger partial charge in [-0.05, 0) is 12.1 Å². The SMILES string of the molecule is COc1ccc(C(=O)N[C@H](CC(=O)O)C(=O)O)c(F)c1. The molecule has 1 aromatic carbocycles. The number of carbonyl (C=O) groups excluding carboxylic acids is 1. The molecule has 1 rings (SSSR count). The third-order valence-electron chi connectivity index (χ3n) is 2.40. The number of rotatable bonds is 6. The molecule has 20 heavy (non-hydrogen) atoms. The second-order valence-corrected chi connectivity index (χ2v) is 3.81. The van der Waals surface area contributed by atoms with E-state index in [1.54, 1.807) is 0 Å². The summed E-state index contributed by atoms with van der Waals surface area (Å²) in [5.74, 6) is -4.64. The van der Waals surface area contributed by atoms with Crippen molar-refractivity contribution in [2.45, 2.75) is 12.5 Å². The summed E-state index contributed by atoms with van der Waals surface area (Å²) in [6.45, 7) is 0. The fraction of sp³-hybridized carbons (Fsp3) is 0.250. The third-order valence-corrected chi connectivity index (χ3v) is 2.40. The Morgan fingerprint density at radius 3 is 2.45 bits per heavy atom. The zero-order chi connectivity index (χ0) is 15.3. The lowest BCUT2D eigenvalue weighted by Crippen LogP contribution is -2.42. The Bertz CT molecular complexity index is 545. The largest absolute Gasteiger partial charge is 0.497 e. The van der Waals surface area contributed by atoms with Crippen molar-refractivity contribution in [3.8, 4) is 5.75 Å². The van der Waals surface area contributed by atoms with E-state index in [2.05, 4.69) is 0 Å². The Kier molecular flexibility index (Phi) is 5.01. The minimum atomic E-state index is -1.64. The van der Waals surface area contributed by atoms with Gasteiger partial charge in [-0.3, -0.25) is 9.59 Å². The molecule has 1 aromatic rings. The molecule has 0 unspecified atom stereocenters. The van der Waals surface area contributed by atoms with E-state index in [1.807, 2.05) is 5.32 Å². The Morgan fingerprint density at radius 2 is 2.00 bits per heavy atom. The van der Waals surface area contributed by atoms with Crippen molar-refractivity contribution in [3.05, 3.63) is 29.6 Å². The molecule has 0 saturated heterocycles. The lowest BCUT2D eigenvalue weighted by molar-refractivity contribution is -0.145. The number of hydrogen-bond donors (Lipinski definition) is 3. The molecular formula is C12H12FNO6. The van der Waals surface area contributed by atoms with Gasteiger partial charge in [-0.2, -0.15) is 0 Å². The number of hydrogen-bond acceptors (Lipinski definition) is 4. The predicted octanol–water partition coefficient (Wildman–Crippen LogP) is 0.492. The van der Waals surface area contributed by atoms with Crippen molar-refractivity contribution < 1.29 is 33.7 Å². The highest BCUT2D eigenvalue weighted by Crippen LogP contribution is 2.16. The van der Waals surface area contributed by atoms with Gasteiger partial charge < -0.3 is 20.3 Å². The van der Waals surface area contributed by atoms with Crippen LogP contribution in [0.2, 0.25) is 0 Å². The van der Waals surface area contributed by atoms with Gasteiger partial charge in [0, 0.05) is 6.07 Å². The maximum absolute atomic E-state index is 13.6. The van der Waals surface area contributed by atoms with E-state index in [0.29, 0.717) is 0 Å². The van der Waals surface area contributed by atoms with E-state index in [0.717, 1.165) is 12.1 Å². The third kappa shape index (κ3) is 3.94. The van der Waals surface area contributed by atoms with Crippen LogP contribution in [-0.4, -0.2) is 41.2 Å². The highest BCUT2D eigenvalue weighted by molar-refractivity contribution is 5.97. The van der Waals surface area contributed by atoms with Crippen LogP contribution in [0, 0.1) is 5.82 Å². The van der Waals surface area contributed by atoms with Crippen molar-refractivity contribution in [1.82, 2.24) is 5.32 Å². The first kappa shape index (κ1) is 15.4. The molecule has 0 heterocycles. The number of methoxy groups -OCH3 is 1. The molecule has 0 aromatic heterocycles. The van der Waals surface area contributed by atoms with Crippen molar-refractivity contribution in [3.63, 3.8) is 0 Å². The normalized spacial score (nSPS) is 11.5. The van der Waals surface area contributed by atoms with Crippen LogP contribution >= 0.6 is 0 Å². The van der Waals surface area contributed by atoms with Gasteiger partial charge in [-0.15, -0.1) is 0 Å². The van der Waals surface area contributed by atoms with Gasteiger partial charge in [0.05, 0.1) is 19.1 Å². The summed E-state index contributed by atoms with van der Waals surface area (Å²) in [5.41, 5.74) is -0.401. The van der Waals surface area contributed by atoms with E-state index in [-0.39, 0.29) is 5.75 Å². The fourth-order valence-corrected chi connectivity index (χ4v) is 1.42. The summed E-state index contributed by atoms with van der Waals surface area (Å²) in [6, 6.07) is 1.76. The summed E-state index contributed by atoms with van der Waals surface area (Å²) < 4.78 is 18.4. The molecule has 0 saturated carbocycles. The van der Waals surface area contributed by atoms with Crippen molar-refractivity contribution in [2.24, 2.45) is 0 Å². The Morgan fingerprint density at radius 1 is 1.35 bits per heavy atom. The number of carboxylic acids is 2. The van der Waals surface area contributed by atoms with Crippen molar-refractivity contribution >= 4 is 17.8 Å². The van der Waals surface area contributed by atoms with Gasteiger partial charge in [0.2, 0.25) is 0 Å². The molecule has 0 aliphatic rings. The van der Waals surface area contributed by atoms with Crippen molar-refractivity contribution in [2.75, 3.05) is 7.11 Å². The second-order valence-electron chi connectivity index (χ2n) is 3.81. The predicted molar refractivity (Wildman–Crippen MR) is 64.1 cm³/mol. The topological polar surface area (TPSA) is 113 Å². The van der Waals surface area contributed by atoms with Gasteiger partial charge in [-0.1, -0.05) is 0 Å². The van der Waals surface area contributed by atoms with Crippen LogP contribution in [0.5, 0.6) is 5.75 Å². The van der Waals surface area contributed by atoms with Crippen LogP contribution in [0.25, 0.3) is 0 Å². The summed E-state index contributed by atoms with van der Waals surface area (Å²) in [5, 5.41) is 19.3. The van der Waals surface area contributed by atoms with Gasteiger partial charge in [0.15, 0.2) is 0 Å². The fourth-order valence-electron chi connectivity index (χ4n) is 1.42. The lowest BCUT2D eigenvalue weighted by atomic mass is 10.1. The number of nitrogens with one attached hydrogen (secondary N) is 1. The highest BCUT2D eigenvalue weighted by atomic mass is 19.1. The summed E-state index contributed by atoms with van der Waals surface area (Å²) >= 11 is 0. The highest BCUT2D eigenvalue weighted by Gasteiger charge is 2.24. The maximum atomic E-state index is 13.6. The van der Waals surface area contributed by atoms with E-state index in [9.17, 15) is 18.8 Å². The van der Waals surface area contributed by atoms with E-state index in [1.165, 1.54) is 13.2 Å². The minimum absolute atomic E-state index is 0.194. The van der Waals surface area contributed by atoms with E-state index in [4.69, 9.17) is 14.9 Å². The molecule has 7 nitrogen and oxygen atoms in total. The summed E-state index contributed by atoms with van der Waals surface area (Å²) in [4.78, 5) is 33.0. The zero-order valence-corrected chi connectivity index (χ0v) is 10.4. The number of ether oxygens (including phenoxy) is 1. The minimum Gasteiger partial charge on any atom is -0.497 e. The summed E-state index contributed by atoms with van der Waals surface area (Å²) in [7, 11) is 1.32. The van der Waals surface area contributed by atoms with Crippen LogP contribution < -0.4 is 10.1 Å². The number of carboxylic acid groups (broad SMARTS) is 2. The number of benzene rings is 1. The van der Waals surface area contributed by atoms with Crippen molar-refractivity contribution in [1.29, 1.82) is 0 Å². The first-order valence-electron chi connectivity index (χ1n) is 5.44. The van der Waals surface area contributed by atoms with Crippen LogP contribution in [-0.2, 0) is 9.59 Å². The average molecular weight is 285 g/mol. The standard InChI is InChI=1S/C12H12FNO6/c1-20-6-2-3-7(8(13)4-6)11(17)14-9(12(18)19)5-10(15)16/h2-4,9H,5H2,1H3,(H,14,17)(H,15,16)(H,18,19)/t9-/m1/s1.